The Morgan fingerprint density at radius 3 is 2.36 bits per heavy atom. The van der Waals surface area contributed by atoms with Crippen molar-refractivity contribution < 1.29 is 26.7 Å². The molecule has 0 amide bonds. The maximum atomic E-state index is 13.8. The largest absolute Gasteiger partial charge is 0.419 e. The highest BCUT2D eigenvalue weighted by molar-refractivity contribution is 6.35. The lowest BCUT2D eigenvalue weighted by Crippen LogP contribution is -2.31. The van der Waals surface area contributed by atoms with Crippen LogP contribution in [0.3, 0.4) is 0 Å². The van der Waals surface area contributed by atoms with Crippen molar-refractivity contribution in [2.45, 2.75) is 58.0 Å². The lowest BCUT2D eigenvalue weighted by atomic mass is 10.1. The zero-order valence-corrected chi connectivity index (χ0v) is 20.3. The van der Waals surface area contributed by atoms with Crippen LogP contribution in [-0.2, 0) is 11.3 Å². The number of pyridine rings is 1. The third-order valence-electron chi connectivity index (χ3n) is 6.69. The number of aromatic nitrogens is 3. The summed E-state index contributed by atoms with van der Waals surface area (Å²) in [6, 6.07) is 6.21. The van der Waals surface area contributed by atoms with Crippen LogP contribution < -0.4 is 9.80 Å². The van der Waals surface area contributed by atoms with Crippen molar-refractivity contribution in [3.05, 3.63) is 40.5 Å². The molecule has 36 heavy (non-hydrogen) atoms. The van der Waals surface area contributed by atoms with E-state index in [9.17, 15) is 22.0 Å². The van der Waals surface area contributed by atoms with E-state index in [1.165, 1.54) is 12.5 Å². The fourth-order valence-corrected chi connectivity index (χ4v) is 5.31. The molecule has 3 aromatic rings. The molecule has 4 heterocycles. The SMILES string of the molecule is Cc1nc(N2CCCCC2)ccc1N1CCCn2c1nc1c(Cl)ccc(C(OC(F)F)C(F)(F)F)c12. The highest BCUT2D eigenvalue weighted by Crippen LogP contribution is 2.44. The molecule has 2 aromatic heterocycles. The van der Waals surface area contributed by atoms with Gasteiger partial charge in [-0.15, -0.1) is 0 Å². The average molecular weight is 530 g/mol. The first-order valence-corrected chi connectivity index (χ1v) is 12.2. The molecule has 0 radical (unpaired) electrons. The quantitative estimate of drug-likeness (QED) is 0.341. The van der Waals surface area contributed by atoms with Gasteiger partial charge >= 0.3 is 12.8 Å². The molecule has 6 nitrogen and oxygen atoms in total. The number of halogens is 6. The predicted molar refractivity (Wildman–Crippen MR) is 127 cm³/mol. The van der Waals surface area contributed by atoms with Gasteiger partial charge in [0.1, 0.15) is 11.3 Å². The van der Waals surface area contributed by atoms with E-state index in [-0.39, 0.29) is 16.1 Å². The number of imidazole rings is 1. The number of fused-ring (bicyclic) bond motifs is 3. The third kappa shape index (κ3) is 4.58. The van der Waals surface area contributed by atoms with Crippen molar-refractivity contribution in [1.29, 1.82) is 0 Å². The number of nitrogens with zero attached hydrogens (tertiary/aromatic N) is 5. The van der Waals surface area contributed by atoms with Crippen LogP contribution in [0.25, 0.3) is 11.0 Å². The number of piperidine rings is 1. The summed E-state index contributed by atoms with van der Waals surface area (Å²) in [5, 5.41) is 0.129. The Hall–Kier alpha value is -2.66. The van der Waals surface area contributed by atoms with Crippen LogP contribution in [0, 0.1) is 6.92 Å². The maximum absolute atomic E-state index is 13.8. The number of ether oxygens (including phenoxy) is 1. The van der Waals surface area contributed by atoms with Gasteiger partial charge in [0.2, 0.25) is 5.95 Å². The number of hydrogen-bond donors (Lipinski definition) is 0. The Morgan fingerprint density at radius 2 is 1.69 bits per heavy atom. The van der Waals surface area contributed by atoms with Gasteiger partial charge in [-0.3, -0.25) is 0 Å². The molecule has 0 spiro atoms. The smallest absolute Gasteiger partial charge is 0.357 e. The monoisotopic (exact) mass is 529 g/mol. The number of anilines is 3. The van der Waals surface area contributed by atoms with Gasteiger partial charge in [-0.2, -0.15) is 22.0 Å². The van der Waals surface area contributed by atoms with Gasteiger partial charge in [0.25, 0.3) is 0 Å². The molecular weight excluding hydrogens is 505 g/mol. The lowest BCUT2D eigenvalue weighted by Gasteiger charge is -2.32. The van der Waals surface area contributed by atoms with Gasteiger partial charge in [-0.25, -0.2) is 9.97 Å². The second-order valence-electron chi connectivity index (χ2n) is 9.04. The molecule has 5 rings (SSSR count). The standard InChI is InChI=1S/C24H25ClF5N5O/c1-14-17(8-9-18(31-14)33-10-3-2-4-11-33)34-12-5-13-35-20-15(21(24(28,29)30)36-22(26)27)6-7-16(25)19(20)32-23(34)35/h6-9,21-22H,2-5,10-13H2,1H3. The highest BCUT2D eigenvalue weighted by atomic mass is 35.5. The molecule has 1 aromatic carbocycles. The van der Waals surface area contributed by atoms with Crippen molar-refractivity contribution in [3.63, 3.8) is 0 Å². The molecule has 1 unspecified atom stereocenters. The van der Waals surface area contributed by atoms with Gasteiger partial charge in [0.15, 0.2) is 6.10 Å². The van der Waals surface area contributed by atoms with Crippen LogP contribution >= 0.6 is 11.6 Å². The summed E-state index contributed by atoms with van der Waals surface area (Å²) >= 11 is 6.32. The Balaban J connectivity index is 1.60. The predicted octanol–water partition coefficient (Wildman–Crippen LogP) is 6.77. The molecule has 0 aliphatic carbocycles. The first-order chi connectivity index (χ1) is 17.1. The second kappa shape index (κ2) is 9.66. The van der Waals surface area contributed by atoms with E-state index in [0.717, 1.165) is 49.2 Å². The van der Waals surface area contributed by atoms with Crippen molar-refractivity contribution in [3.8, 4) is 0 Å². The molecule has 1 atom stereocenters. The number of alkyl halides is 5. The molecule has 2 aliphatic rings. The number of aryl methyl sites for hydroxylation is 2. The maximum Gasteiger partial charge on any atom is 0.419 e. The van der Waals surface area contributed by atoms with Crippen molar-refractivity contribution >= 4 is 40.1 Å². The van der Waals surface area contributed by atoms with E-state index in [0.29, 0.717) is 25.5 Å². The first kappa shape index (κ1) is 25.0. The summed E-state index contributed by atoms with van der Waals surface area (Å²) in [6.07, 6.45) is -3.82. The Labute approximate surface area is 209 Å². The number of benzene rings is 1. The molecule has 2 aliphatic heterocycles. The summed E-state index contributed by atoms with van der Waals surface area (Å²) in [5.74, 6) is 1.28. The lowest BCUT2D eigenvalue weighted by molar-refractivity contribution is -0.276. The minimum absolute atomic E-state index is 0.0423. The average Bonchev–Trinajstić information content (AvgIpc) is 3.24. The fraction of sp³-hybridized carbons (Fsp3) is 0.500. The van der Waals surface area contributed by atoms with Crippen LogP contribution in [0.5, 0.6) is 0 Å². The summed E-state index contributed by atoms with van der Waals surface area (Å²) in [6.45, 7) is 1.11. The van der Waals surface area contributed by atoms with Crippen molar-refractivity contribution in [2.75, 3.05) is 29.4 Å². The van der Waals surface area contributed by atoms with Crippen LogP contribution in [0.15, 0.2) is 24.3 Å². The number of hydrogen-bond acceptors (Lipinski definition) is 5. The van der Waals surface area contributed by atoms with E-state index < -0.39 is 24.5 Å². The zero-order valence-electron chi connectivity index (χ0n) is 19.5. The molecule has 12 heteroatoms. The summed E-state index contributed by atoms with van der Waals surface area (Å²) in [4.78, 5) is 13.5. The van der Waals surface area contributed by atoms with Gasteiger partial charge in [0.05, 0.1) is 21.9 Å². The van der Waals surface area contributed by atoms with E-state index in [2.05, 4.69) is 14.6 Å². The van der Waals surface area contributed by atoms with Gasteiger partial charge < -0.3 is 19.1 Å². The van der Waals surface area contributed by atoms with E-state index >= 15 is 0 Å². The molecule has 0 bridgehead atoms. The Bertz CT molecular complexity index is 1260. The van der Waals surface area contributed by atoms with Crippen LogP contribution in [-0.4, -0.2) is 47.0 Å². The molecule has 0 saturated carbocycles. The van der Waals surface area contributed by atoms with Gasteiger partial charge in [-0.05, 0) is 50.8 Å². The minimum atomic E-state index is -5.05. The third-order valence-corrected chi connectivity index (χ3v) is 7.00. The fourth-order valence-electron chi connectivity index (χ4n) is 5.12. The summed E-state index contributed by atoms with van der Waals surface area (Å²) in [5.41, 5.74) is 1.25. The Morgan fingerprint density at radius 1 is 0.944 bits per heavy atom. The molecule has 1 saturated heterocycles. The van der Waals surface area contributed by atoms with E-state index in [4.69, 9.17) is 16.6 Å². The second-order valence-corrected chi connectivity index (χ2v) is 9.45. The number of rotatable bonds is 5. The summed E-state index contributed by atoms with van der Waals surface area (Å²) in [7, 11) is 0. The van der Waals surface area contributed by atoms with Gasteiger partial charge in [-0.1, -0.05) is 17.7 Å². The van der Waals surface area contributed by atoms with Crippen LogP contribution in [0.2, 0.25) is 5.02 Å². The first-order valence-electron chi connectivity index (χ1n) is 11.8. The molecule has 194 valence electrons. The van der Waals surface area contributed by atoms with E-state index in [1.54, 1.807) is 4.57 Å². The van der Waals surface area contributed by atoms with Crippen LogP contribution in [0.4, 0.5) is 39.4 Å². The Kier molecular flexibility index (Phi) is 6.71. The highest BCUT2D eigenvalue weighted by Gasteiger charge is 2.45. The molecular formula is C24H25ClF5N5O. The van der Waals surface area contributed by atoms with Crippen LogP contribution in [0.1, 0.15) is 43.0 Å². The summed E-state index contributed by atoms with van der Waals surface area (Å²) < 4.78 is 72.9. The van der Waals surface area contributed by atoms with Gasteiger partial charge in [0, 0.05) is 31.7 Å². The topological polar surface area (TPSA) is 46.4 Å². The van der Waals surface area contributed by atoms with Crippen molar-refractivity contribution in [1.82, 2.24) is 14.5 Å². The molecule has 0 N–H and O–H groups in total. The zero-order chi connectivity index (χ0) is 25.6. The molecule has 1 fully saturated rings. The van der Waals surface area contributed by atoms with Crippen molar-refractivity contribution in [2.24, 2.45) is 0 Å². The van der Waals surface area contributed by atoms with E-state index in [1.807, 2.05) is 24.0 Å². The normalized spacial score (nSPS) is 17.7. The minimum Gasteiger partial charge on any atom is -0.357 e.